The summed E-state index contributed by atoms with van der Waals surface area (Å²) in [6.07, 6.45) is -3.43. The summed E-state index contributed by atoms with van der Waals surface area (Å²) in [4.78, 5) is 13.8. The van der Waals surface area contributed by atoms with Gasteiger partial charge in [0, 0.05) is 18.5 Å². The summed E-state index contributed by atoms with van der Waals surface area (Å²) in [6, 6.07) is 3.79. The topological polar surface area (TPSA) is 121 Å². The molecule has 0 aliphatic heterocycles. The Morgan fingerprint density at radius 1 is 1.26 bits per heavy atom. The molecule has 2 rings (SSSR count). The molecule has 170 valence electrons. The average Bonchev–Trinajstić information content (AvgIpc) is 2.66. The Balaban J connectivity index is 2.54. The van der Waals surface area contributed by atoms with Crippen molar-refractivity contribution in [2.45, 2.75) is 19.1 Å². The van der Waals surface area contributed by atoms with Gasteiger partial charge in [-0.25, -0.2) is 13.4 Å². The fourth-order valence-electron chi connectivity index (χ4n) is 2.73. The summed E-state index contributed by atoms with van der Waals surface area (Å²) >= 11 is 0. The number of halogens is 3. The van der Waals surface area contributed by atoms with Gasteiger partial charge in [0.15, 0.2) is 11.5 Å². The lowest BCUT2D eigenvalue weighted by atomic mass is 10.1. The van der Waals surface area contributed by atoms with Gasteiger partial charge >= 0.3 is 11.9 Å². The number of rotatable bonds is 9. The Labute approximate surface area is 176 Å². The highest BCUT2D eigenvalue weighted by Gasteiger charge is 2.34. The van der Waals surface area contributed by atoms with E-state index in [4.69, 9.17) is 9.47 Å². The average molecular weight is 463 g/mol. The first-order valence-electron chi connectivity index (χ1n) is 8.82. The van der Waals surface area contributed by atoms with E-state index < -0.39 is 49.8 Å². The zero-order valence-electron chi connectivity index (χ0n) is 16.8. The Morgan fingerprint density at radius 3 is 2.45 bits per heavy atom. The van der Waals surface area contributed by atoms with Crippen LogP contribution in [0.3, 0.4) is 0 Å². The minimum Gasteiger partial charge on any atom is -0.493 e. The van der Waals surface area contributed by atoms with Gasteiger partial charge in [0.05, 0.1) is 36.0 Å². The molecule has 0 bridgehead atoms. The first-order valence-corrected chi connectivity index (χ1v) is 10.9. The molecule has 1 atom stereocenters. The number of nitrogens with one attached hydrogen (secondary N) is 1. The van der Waals surface area contributed by atoms with Crippen molar-refractivity contribution in [1.82, 2.24) is 4.98 Å². The first kappa shape index (κ1) is 24.2. The standard InChI is InChI=1S/C18H20F3N3O6S/c1-4-30-16-7-11(5-6-15(16)29-2)13(10-31(3,27)28)23-17-14(24(25)26)8-12(9-22-17)18(19,20)21/h5-9,13H,4,10H2,1-3H3,(H,22,23)/t13-/m1/s1. The molecule has 1 heterocycles. The Hall–Kier alpha value is -3.09. The lowest BCUT2D eigenvalue weighted by Crippen LogP contribution is -2.22. The molecule has 2 aromatic rings. The highest BCUT2D eigenvalue weighted by atomic mass is 32.2. The zero-order chi connectivity index (χ0) is 23.4. The number of pyridine rings is 1. The molecular formula is C18H20F3N3O6S. The summed E-state index contributed by atoms with van der Waals surface area (Å²) in [5, 5.41) is 13.9. The van der Waals surface area contributed by atoms with Crippen LogP contribution in [0, 0.1) is 10.1 Å². The number of hydrogen-bond acceptors (Lipinski definition) is 8. The van der Waals surface area contributed by atoms with Crippen LogP contribution in [0.5, 0.6) is 11.5 Å². The zero-order valence-corrected chi connectivity index (χ0v) is 17.6. The lowest BCUT2D eigenvalue weighted by Gasteiger charge is -2.21. The smallest absolute Gasteiger partial charge is 0.418 e. The Bertz CT molecular complexity index is 1060. The van der Waals surface area contributed by atoms with Gasteiger partial charge in [0.2, 0.25) is 5.82 Å². The van der Waals surface area contributed by atoms with Crippen molar-refractivity contribution in [2.24, 2.45) is 0 Å². The van der Waals surface area contributed by atoms with Gasteiger partial charge < -0.3 is 14.8 Å². The van der Waals surface area contributed by atoms with Gasteiger partial charge in [-0.3, -0.25) is 10.1 Å². The summed E-state index contributed by atoms with van der Waals surface area (Å²) in [5.41, 5.74) is -1.88. The minimum absolute atomic E-state index is 0.288. The van der Waals surface area contributed by atoms with Crippen LogP contribution in [0.15, 0.2) is 30.5 Å². The van der Waals surface area contributed by atoms with Gasteiger partial charge in [-0.05, 0) is 24.6 Å². The van der Waals surface area contributed by atoms with Crippen molar-refractivity contribution in [3.63, 3.8) is 0 Å². The molecule has 0 aliphatic carbocycles. The predicted octanol–water partition coefficient (Wildman–Crippen LogP) is 3.61. The van der Waals surface area contributed by atoms with Crippen LogP contribution in [0.2, 0.25) is 0 Å². The van der Waals surface area contributed by atoms with E-state index in [1.807, 2.05) is 0 Å². The maximum atomic E-state index is 12.9. The van der Waals surface area contributed by atoms with Crippen molar-refractivity contribution in [1.29, 1.82) is 0 Å². The van der Waals surface area contributed by atoms with E-state index in [1.165, 1.54) is 25.3 Å². The number of ether oxygens (including phenoxy) is 2. The number of hydrogen-bond donors (Lipinski definition) is 1. The number of anilines is 1. The van der Waals surface area contributed by atoms with E-state index in [-0.39, 0.29) is 6.61 Å². The summed E-state index contributed by atoms with van der Waals surface area (Å²) < 4.78 is 73.3. The lowest BCUT2D eigenvalue weighted by molar-refractivity contribution is -0.384. The molecule has 0 saturated heterocycles. The number of methoxy groups -OCH3 is 1. The monoisotopic (exact) mass is 463 g/mol. The first-order chi connectivity index (χ1) is 14.4. The second kappa shape index (κ2) is 9.37. The van der Waals surface area contributed by atoms with Gasteiger partial charge in [0.1, 0.15) is 9.84 Å². The van der Waals surface area contributed by atoms with Crippen molar-refractivity contribution in [3.8, 4) is 11.5 Å². The van der Waals surface area contributed by atoms with Gasteiger partial charge in [-0.2, -0.15) is 13.2 Å². The molecule has 0 unspecified atom stereocenters. The fourth-order valence-corrected chi connectivity index (χ4v) is 3.61. The number of nitrogens with zero attached hydrogens (tertiary/aromatic N) is 2. The van der Waals surface area contributed by atoms with E-state index >= 15 is 0 Å². The summed E-state index contributed by atoms with van der Waals surface area (Å²) in [5.74, 6) is -0.328. The molecule has 1 aromatic heterocycles. The molecule has 31 heavy (non-hydrogen) atoms. The number of sulfone groups is 1. The molecule has 0 fully saturated rings. The van der Waals surface area contributed by atoms with Crippen molar-refractivity contribution >= 4 is 21.3 Å². The predicted molar refractivity (Wildman–Crippen MR) is 106 cm³/mol. The Morgan fingerprint density at radius 2 is 1.94 bits per heavy atom. The van der Waals surface area contributed by atoms with Crippen LogP contribution in [-0.4, -0.2) is 44.1 Å². The maximum Gasteiger partial charge on any atom is 0.418 e. The third kappa shape index (κ3) is 6.44. The van der Waals surface area contributed by atoms with E-state index in [0.29, 0.717) is 29.3 Å². The quantitative estimate of drug-likeness (QED) is 0.442. The third-order valence-corrected chi connectivity index (χ3v) is 5.00. The molecule has 13 heteroatoms. The van der Waals surface area contributed by atoms with E-state index in [2.05, 4.69) is 10.3 Å². The Kier molecular flexibility index (Phi) is 7.31. The summed E-state index contributed by atoms with van der Waals surface area (Å²) in [6.45, 7) is 2.02. The van der Waals surface area contributed by atoms with Gasteiger partial charge in [-0.1, -0.05) is 6.07 Å². The van der Waals surface area contributed by atoms with Crippen molar-refractivity contribution < 1.29 is 36.0 Å². The normalized spacial score (nSPS) is 12.8. The van der Waals surface area contributed by atoms with Crippen LogP contribution >= 0.6 is 0 Å². The maximum absolute atomic E-state index is 12.9. The SMILES string of the molecule is CCOc1cc([C@@H](CS(C)(=O)=O)Nc2ncc(C(F)(F)F)cc2[N+](=O)[O-])ccc1OC. The van der Waals surface area contributed by atoms with E-state index in [1.54, 1.807) is 6.92 Å². The van der Waals surface area contributed by atoms with Crippen LogP contribution < -0.4 is 14.8 Å². The fraction of sp³-hybridized carbons (Fsp3) is 0.389. The van der Waals surface area contributed by atoms with Crippen LogP contribution in [0.4, 0.5) is 24.7 Å². The molecule has 0 spiro atoms. The van der Waals surface area contributed by atoms with Crippen LogP contribution in [0.1, 0.15) is 24.1 Å². The van der Waals surface area contributed by atoms with Crippen molar-refractivity contribution in [2.75, 3.05) is 31.0 Å². The molecule has 1 aromatic carbocycles. The second-order valence-corrected chi connectivity index (χ2v) is 8.66. The number of alkyl halides is 3. The van der Waals surface area contributed by atoms with Gasteiger partial charge in [0.25, 0.3) is 0 Å². The van der Waals surface area contributed by atoms with E-state index in [0.717, 1.165) is 6.26 Å². The molecule has 0 saturated carbocycles. The highest BCUT2D eigenvalue weighted by molar-refractivity contribution is 7.90. The number of nitro groups is 1. The molecule has 9 nitrogen and oxygen atoms in total. The van der Waals surface area contributed by atoms with Gasteiger partial charge in [-0.15, -0.1) is 0 Å². The second-order valence-electron chi connectivity index (χ2n) is 6.48. The largest absolute Gasteiger partial charge is 0.493 e. The minimum atomic E-state index is -4.83. The van der Waals surface area contributed by atoms with E-state index in [9.17, 15) is 31.7 Å². The number of aromatic nitrogens is 1. The molecule has 0 radical (unpaired) electrons. The molecule has 0 amide bonds. The molecular weight excluding hydrogens is 443 g/mol. The number of benzene rings is 1. The van der Waals surface area contributed by atoms with Crippen molar-refractivity contribution in [3.05, 3.63) is 51.7 Å². The molecule has 0 aliphatic rings. The van der Waals surface area contributed by atoms with Crippen LogP contribution in [0.25, 0.3) is 0 Å². The summed E-state index contributed by atoms with van der Waals surface area (Å²) in [7, 11) is -2.19. The molecule has 1 N–H and O–H groups in total. The van der Waals surface area contributed by atoms with Crippen LogP contribution in [-0.2, 0) is 16.0 Å². The highest BCUT2D eigenvalue weighted by Crippen LogP contribution is 2.36. The third-order valence-electron chi connectivity index (χ3n) is 4.06.